The fourth-order valence-corrected chi connectivity index (χ4v) is 3.33. The second kappa shape index (κ2) is 13.0. The van der Waals surface area contributed by atoms with E-state index in [4.69, 9.17) is 10.5 Å². The van der Waals surface area contributed by atoms with Crippen LogP contribution in [-0.2, 0) is 11.4 Å². The topological polar surface area (TPSA) is 105 Å². The van der Waals surface area contributed by atoms with E-state index in [1.807, 2.05) is 61.5 Å². The van der Waals surface area contributed by atoms with E-state index in [0.717, 1.165) is 24.0 Å². The molecule has 3 aromatic carbocycles. The molecule has 0 aromatic heterocycles. The van der Waals surface area contributed by atoms with Crippen LogP contribution in [0.3, 0.4) is 0 Å². The van der Waals surface area contributed by atoms with Gasteiger partial charge in [0.15, 0.2) is 0 Å². The third-order valence-electron chi connectivity index (χ3n) is 5.25. The maximum absolute atomic E-state index is 12.8. The normalized spacial score (nSPS) is 11.4. The number of benzene rings is 3. The van der Waals surface area contributed by atoms with Crippen LogP contribution in [0.15, 0.2) is 78.9 Å². The first kappa shape index (κ1) is 24.8. The van der Waals surface area contributed by atoms with Crippen LogP contribution in [0, 0.1) is 6.92 Å². The highest BCUT2D eigenvalue weighted by atomic mass is 16.5. The van der Waals surface area contributed by atoms with Gasteiger partial charge < -0.3 is 26.4 Å². The summed E-state index contributed by atoms with van der Waals surface area (Å²) in [5, 5.41) is 8.43. The van der Waals surface area contributed by atoms with Crippen LogP contribution in [0.5, 0.6) is 5.75 Å². The van der Waals surface area contributed by atoms with E-state index in [-0.39, 0.29) is 5.91 Å². The molecule has 7 nitrogen and oxygen atoms in total. The molecule has 178 valence electrons. The lowest BCUT2D eigenvalue weighted by molar-refractivity contribution is -0.118. The minimum absolute atomic E-state index is 0.263. The Morgan fingerprint density at radius 3 is 2.18 bits per heavy atom. The number of hydrogen-bond acceptors (Lipinski definition) is 4. The Morgan fingerprint density at radius 1 is 0.853 bits per heavy atom. The van der Waals surface area contributed by atoms with Crippen molar-refractivity contribution in [3.8, 4) is 5.75 Å². The van der Waals surface area contributed by atoms with Crippen molar-refractivity contribution in [1.82, 2.24) is 5.32 Å². The number of amides is 3. The van der Waals surface area contributed by atoms with Gasteiger partial charge in [-0.3, -0.25) is 4.79 Å². The SMILES string of the molecule is Cc1ccc(NC(=O)[C@H](CCCCN)NC(=O)Nc2ccc(OCc3ccccc3)cc2)cc1. The van der Waals surface area contributed by atoms with Crippen LogP contribution in [0.1, 0.15) is 30.4 Å². The van der Waals surface area contributed by atoms with Crippen molar-refractivity contribution in [2.24, 2.45) is 5.73 Å². The molecule has 0 bridgehead atoms. The summed E-state index contributed by atoms with van der Waals surface area (Å²) in [6.45, 7) is 2.99. The van der Waals surface area contributed by atoms with Gasteiger partial charge in [0.05, 0.1) is 0 Å². The van der Waals surface area contributed by atoms with Crippen LogP contribution in [0.25, 0.3) is 0 Å². The highest BCUT2D eigenvalue weighted by molar-refractivity contribution is 5.99. The average molecular weight is 461 g/mol. The van der Waals surface area contributed by atoms with Gasteiger partial charge in [0, 0.05) is 11.4 Å². The summed E-state index contributed by atoms with van der Waals surface area (Å²) in [6, 6.07) is 23.4. The summed E-state index contributed by atoms with van der Waals surface area (Å²) >= 11 is 0. The summed E-state index contributed by atoms with van der Waals surface area (Å²) < 4.78 is 5.78. The summed E-state index contributed by atoms with van der Waals surface area (Å²) in [6.07, 6.45) is 2.01. The summed E-state index contributed by atoms with van der Waals surface area (Å²) in [5.74, 6) is 0.438. The van der Waals surface area contributed by atoms with Gasteiger partial charge in [-0.1, -0.05) is 48.0 Å². The van der Waals surface area contributed by atoms with Crippen molar-refractivity contribution in [3.63, 3.8) is 0 Å². The van der Waals surface area contributed by atoms with Gasteiger partial charge in [0.25, 0.3) is 0 Å². The summed E-state index contributed by atoms with van der Waals surface area (Å²) in [5.41, 5.74) is 9.06. The quantitative estimate of drug-likeness (QED) is 0.308. The van der Waals surface area contributed by atoms with Crippen molar-refractivity contribution in [2.45, 2.75) is 38.8 Å². The third-order valence-corrected chi connectivity index (χ3v) is 5.25. The molecule has 3 aromatic rings. The molecule has 0 saturated carbocycles. The van der Waals surface area contributed by atoms with Gasteiger partial charge in [-0.2, -0.15) is 0 Å². The van der Waals surface area contributed by atoms with E-state index in [9.17, 15) is 9.59 Å². The molecule has 0 spiro atoms. The number of nitrogens with two attached hydrogens (primary N) is 1. The zero-order valence-electron chi connectivity index (χ0n) is 19.4. The molecule has 0 fully saturated rings. The highest BCUT2D eigenvalue weighted by Crippen LogP contribution is 2.17. The highest BCUT2D eigenvalue weighted by Gasteiger charge is 2.20. The Morgan fingerprint density at radius 2 is 1.50 bits per heavy atom. The molecule has 34 heavy (non-hydrogen) atoms. The number of carbonyl (C=O) groups is 2. The molecule has 1 atom stereocenters. The Balaban J connectivity index is 1.54. The maximum atomic E-state index is 12.8. The molecule has 0 aliphatic heterocycles. The van der Waals surface area contributed by atoms with Crippen molar-refractivity contribution in [1.29, 1.82) is 0 Å². The van der Waals surface area contributed by atoms with E-state index in [1.165, 1.54) is 0 Å². The van der Waals surface area contributed by atoms with Gasteiger partial charge in [-0.15, -0.1) is 0 Å². The molecule has 3 amide bonds. The first-order valence-corrected chi connectivity index (χ1v) is 11.5. The van der Waals surface area contributed by atoms with Crippen LogP contribution < -0.4 is 26.4 Å². The standard InChI is InChI=1S/C27H32N4O3/c1-20-10-12-22(13-11-20)29-26(32)25(9-5-6-18-28)31-27(33)30-23-14-16-24(17-15-23)34-19-21-7-3-2-4-8-21/h2-4,7-8,10-17,25H,5-6,9,18-19,28H2,1H3,(H,29,32)(H2,30,31,33)/t25-/m0/s1. The van der Waals surface area contributed by atoms with Gasteiger partial charge in [-0.25, -0.2) is 4.79 Å². The minimum Gasteiger partial charge on any atom is -0.489 e. The molecule has 0 aliphatic carbocycles. The predicted octanol–water partition coefficient (Wildman–Crippen LogP) is 4.83. The second-order valence-corrected chi connectivity index (χ2v) is 8.09. The lowest BCUT2D eigenvalue weighted by Crippen LogP contribution is -2.45. The zero-order valence-corrected chi connectivity index (χ0v) is 19.4. The molecule has 5 N–H and O–H groups in total. The fraction of sp³-hybridized carbons (Fsp3) is 0.259. The van der Waals surface area contributed by atoms with Gasteiger partial charge >= 0.3 is 6.03 Å². The van der Waals surface area contributed by atoms with Gasteiger partial charge in [-0.05, 0) is 74.7 Å². The summed E-state index contributed by atoms with van der Waals surface area (Å²) in [4.78, 5) is 25.4. The van der Waals surface area contributed by atoms with E-state index >= 15 is 0 Å². The molecule has 0 saturated heterocycles. The molecule has 0 radical (unpaired) electrons. The van der Waals surface area contributed by atoms with Crippen LogP contribution in [0.2, 0.25) is 0 Å². The maximum Gasteiger partial charge on any atom is 0.319 e. The largest absolute Gasteiger partial charge is 0.489 e. The number of hydrogen-bond donors (Lipinski definition) is 4. The number of ether oxygens (including phenoxy) is 1. The number of aryl methyl sites for hydroxylation is 1. The zero-order chi connectivity index (χ0) is 24.2. The van der Waals surface area contributed by atoms with E-state index in [0.29, 0.717) is 36.7 Å². The number of nitrogens with one attached hydrogen (secondary N) is 3. The predicted molar refractivity (Wildman–Crippen MR) is 136 cm³/mol. The Kier molecular flexibility index (Phi) is 9.49. The molecule has 0 unspecified atom stereocenters. The van der Waals surface area contributed by atoms with Crippen molar-refractivity contribution < 1.29 is 14.3 Å². The lowest BCUT2D eigenvalue weighted by Gasteiger charge is -2.19. The Hall–Kier alpha value is -3.84. The first-order chi connectivity index (χ1) is 16.5. The molecule has 0 aliphatic rings. The Bertz CT molecular complexity index is 1040. The van der Waals surface area contributed by atoms with E-state index in [2.05, 4.69) is 16.0 Å². The van der Waals surface area contributed by atoms with Crippen LogP contribution >= 0.6 is 0 Å². The molecule has 3 rings (SSSR count). The van der Waals surface area contributed by atoms with Crippen molar-refractivity contribution >= 4 is 23.3 Å². The molecular formula is C27H32N4O3. The third kappa shape index (κ3) is 8.26. The number of rotatable bonds is 11. The lowest BCUT2D eigenvalue weighted by atomic mass is 10.1. The van der Waals surface area contributed by atoms with Crippen LogP contribution in [-0.4, -0.2) is 24.5 Å². The molecule has 7 heteroatoms. The number of anilines is 2. The van der Waals surface area contributed by atoms with E-state index in [1.54, 1.807) is 24.3 Å². The first-order valence-electron chi connectivity index (χ1n) is 11.5. The number of unbranched alkanes of at least 4 members (excludes halogenated alkanes) is 1. The second-order valence-electron chi connectivity index (χ2n) is 8.09. The number of urea groups is 1. The van der Waals surface area contributed by atoms with Crippen molar-refractivity contribution in [2.75, 3.05) is 17.2 Å². The van der Waals surface area contributed by atoms with Gasteiger partial charge in [0.1, 0.15) is 18.4 Å². The average Bonchev–Trinajstić information content (AvgIpc) is 2.85. The van der Waals surface area contributed by atoms with Crippen LogP contribution in [0.4, 0.5) is 16.2 Å². The van der Waals surface area contributed by atoms with Crippen molar-refractivity contribution in [3.05, 3.63) is 90.0 Å². The molecular weight excluding hydrogens is 428 g/mol. The van der Waals surface area contributed by atoms with E-state index < -0.39 is 12.1 Å². The summed E-state index contributed by atoms with van der Waals surface area (Å²) in [7, 11) is 0. The number of carbonyl (C=O) groups excluding carboxylic acids is 2. The minimum atomic E-state index is -0.679. The fourth-order valence-electron chi connectivity index (χ4n) is 3.33. The monoisotopic (exact) mass is 460 g/mol. The molecule has 0 heterocycles. The Labute approximate surface area is 200 Å². The van der Waals surface area contributed by atoms with Gasteiger partial charge in [0.2, 0.25) is 5.91 Å². The smallest absolute Gasteiger partial charge is 0.319 e.